The summed E-state index contributed by atoms with van der Waals surface area (Å²) in [7, 11) is 0. The molecule has 1 unspecified atom stereocenters. The molecule has 0 radical (unpaired) electrons. The Kier molecular flexibility index (Phi) is 6.91. The first-order valence-electron chi connectivity index (χ1n) is 16.2. The molecule has 6 heteroatoms. The first-order valence-corrected chi connectivity index (χ1v) is 17.1. The van der Waals surface area contributed by atoms with Gasteiger partial charge in [-0.25, -0.2) is 15.0 Å². The van der Waals surface area contributed by atoms with Gasteiger partial charge >= 0.3 is 0 Å². The molecule has 5 nitrogen and oxygen atoms in total. The van der Waals surface area contributed by atoms with Gasteiger partial charge in [0.2, 0.25) is 0 Å². The van der Waals surface area contributed by atoms with Crippen LogP contribution < -0.4 is 0 Å². The highest BCUT2D eigenvalue weighted by Gasteiger charge is 2.47. The van der Waals surface area contributed by atoms with Gasteiger partial charge < -0.3 is 0 Å². The standard InChI is InChI=1S/C44H25N5S/c45-25-28-16-21-35-37(24-28)44(33-14-8-3-9-15-33,36-22-23-38-39(40(35)36)32(26-46)27-50-38)34-19-17-31(18-20-34)43-48-41(29-10-4-1-5-11-29)47-42(49-43)30-12-6-2-7-13-30/h1-24,27H. The van der Waals surface area contributed by atoms with Crippen LogP contribution in [0.3, 0.4) is 0 Å². The second kappa shape index (κ2) is 11.8. The normalized spacial score (nSPS) is 14.4. The molecule has 0 spiro atoms. The predicted molar refractivity (Wildman–Crippen MR) is 198 cm³/mol. The van der Waals surface area contributed by atoms with Crippen molar-refractivity contribution < 1.29 is 0 Å². The lowest BCUT2D eigenvalue weighted by Crippen LogP contribution is -2.28. The summed E-state index contributed by atoms with van der Waals surface area (Å²) in [4.78, 5) is 14.8. The molecule has 6 aromatic carbocycles. The molecule has 0 fully saturated rings. The van der Waals surface area contributed by atoms with Crippen LogP contribution in [0.2, 0.25) is 0 Å². The van der Waals surface area contributed by atoms with E-state index in [1.165, 1.54) is 0 Å². The number of nitrogens with zero attached hydrogens (tertiary/aromatic N) is 5. The van der Waals surface area contributed by atoms with Gasteiger partial charge in [-0.15, -0.1) is 11.3 Å². The molecule has 0 saturated carbocycles. The van der Waals surface area contributed by atoms with Crippen LogP contribution in [-0.2, 0) is 5.41 Å². The molecule has 0 saturated heterocycles. The number of nitriles is 2. The van der Waals surface area contributed by atoms with Gasteiger partial charge in [-0.2, -0.15) is 10.5 Å². The molecule has 2 heterocycles. The second-order valence-corrected chi connectivity index (χ2v) is 13.1. The highest BCUT2D eigenvalue weighted by Crippen LogP contribution is 2.58. The zero-order chi connectivity index (χ0) is 33.7. The van der Waals surface area contributed by atoms with E-state index in [9.17, 15) is 10.5 Å². The summed E-state index contributed by atoms with van der Waals surface area (Å²) in [6.45, 7) is 0. The predicted octanol–water partition coefficient (Wildman–Crippen LogP) is 10.2. The number of hydrogen-bond acceptors (Lipinski definition) is 6. The van der Waals surface area contributed by atoms with E-state index in [2.05, 4.69) is 72.8 Å². The summed E-state index contributed by atoms with van der Waals surface area (Å²) in [5.74, 6) is 1.79. The van der Waals surface area contributed by atoms with E-state index < -0.39 is 5.41 Å². The molecule has 2 aromatic heterocycles. The number of rotatable bonds is 5. The van der Waals surface area contributed by atoms with Crippen LogP contribution in [0.4, 0.5) is 0 Å². The molecule has 0 aliphatic heterocycles. The van der Waals surface area contributed by atoms with Crippen molar-refractivity contribution >= 4 is 21.4 Å². The number of benzene rings is 6. The molecule has 232 valence electrons. The Hall–Kier alpha value is -6.73. The Morgan fingerprint density at radius 3 is 1.66 bits per heavy atom. The summed E-state index contributed by atoms with van der Waals surface area (Å²) < 4.78 is 1.06. The summed E-state index contributed by atoms with van der Waals surface area (Å²) >= 11 is 1.58. The molecule has 1 atom stereocenters. The lowest BCUT2D eigenvalue weighted by atomic mass is 9.67. The maximum atomic E-state index is 10.2. The van der Waals surface area contributed by atoms with Gasteiger partial charge in [-0.3, -0.25) is 0 Å². The number of hydrogen-bond donors (Lipinski definition) is 0. The minimum atomic E-state index is -0.746. The van der Waals surface area contributed by atoms with E-state index in [0.29, 0.717) is 28.6 Å². The van der Waals surface area contributed by atoms with Crippen LogP contribution in [0.1, 0.15) is 33.4 Å². The minimum Gasteiger partial charge on any atom is -0.208 e. The van der Waals surface area contributed by atoms with Crippen molar-refractivity contribution in [3.8, 4) is 57.4 Å². The third kappa shape index (κ3) is 4.48. The Morgan fingerprint density at radius 1 is 0.520 bits per heavy atom. The van der Waals surface area contributed by atoms with Crippen LogP contribution in [0.15, 0.2) is 151 Å². The van der Waals surface area contributed by atoms with Gasteiger partial charge in [0.15, 0.2) is 17.5 Å². The fraction of sp³-hybridized carbons (Fsp3) is 0.0227. The maximum Gasteiger partial charge on any atom is 0.164 e. The SMILES string of the molecule is N#Cc1ccc2c(c1)C(c1ccccc1)(c1ccc(-c3nc(-c4ccccc4)nc(-c4ccccc4)n3)cc1)c1ccc3scc(C#N)c3c1-2. The molecule has 0 N–H and O–H groups in total. The number of fused-ring (bicyclic) bond motifs is 5. The quantitative estimate of drug-likeness (QED) is 0.184. The van der Waals surface area contributed by atoms with E-state index in [4.69, 9.17) is 15.0 Å². The van der Waals surface area contributed by atoms with Crippen molar-refractivity contribution in [2.45, 2.75) is 5.41 Å². The van der Waals surface area contributed by atoms with Crippen molar-refractivity contribution in [2.75, 3.05) is 0 Å². The minimum absolute atomic E-state index is 0.579. The van der Waals surface area contributed by atoms with E-state index in [1.807, 2.05) is 90.3 Å². The monoisotopic (exact) mass is 655 g/mol. The lowest BCUT2D eigenvalue weighted by molar-refractivity contribution is 0.769. The maximum absolute atomic E-state index is 10.2. The third-order valence-corrected chi connectivity index (χ3v) is 10.5. The van der Waals surface area contributed by atoms with Crippen molar-refractivity contribution in [3.63, 3.8) is 0 Å². The highest BCUT2D eigenvalue weighted by atomic mass is 32.1. The Balaban J connectivity index is 1.29. The molecule has 50 heavy (non-hydrogen) atoms. The van der Waals surface area contributed by atoms with Crippen molar-refractivity contribution in [2.24, 2.45) is 0 Å². The van der Waals surface area contributed by atoms with Gasteiger partial charge in [0.05, 0.1) is 22.6 Å². The smallest absolute Gasteiger partial charge is 0.164 e. The van der Waals surface area contributed by atoms with E-state index in [0.717, 1.165) is 60.2 Å². The summed E-state index contributed by atoms with van der Waals surface area (Å²) in [5, 5.41) is 23.1. The second-order valence-electron chi connectivity index (χ2n) is 12.2. The van der Waals surface area contributed by atoms with Crippen LogP contribution in [0, 0.1) is 22.7 Å². The van der Waals surface area contributed by atoms with Crippen molar-refractivity contribution in [3.05, 3.63) is 184 Å². The largest absolute Gasteiger partial charge is 0.208 e. The van der Waals surface area contributed by atoms with Gasteiger partial charge in [0.1, 0.15) is 6.07 Å². The first-order chi connectivity index (χ1) is 24.7. The van der Waals surface area contributed by atoms with Crippen LogP contribution >= 0.6 is 11.3 Å². The number of aromatic nitrogens is 3. The molecule has 1 aliphatic rings. The molecule has 0 bridgehead atoms. The Bertz CT molecular complexity index is 2600. The fourth-order valence-electron chi connectivity index (χ4n) is 7.38. The first kappa shape index (κ1) is 29.4. The topological polar surface area (TPSA) is 86.2 Å². The zero-order valence-electron chi connectivity index (χ0n) is 26.6. The van der Waals surface area contributed by atoms with Crippen molar-refractivity contribution in [1.29, 1.82) is 10.5 Å². The van der Waals surface area contributed by atoms with Crippen LogP contribution in [-0.4, -0.2) is 15.0 Å². The van der Waals surface area contributed by atoms with Gasteiger partial charge in [0, 0.05) is 32.2 Å². The average molecular weight is 656 g/mol. The molecular weight excluding hydrogens is 631 g/mol. The molecule has 1 aliphatic carbocycles. The zero-order valence-corrected chi connectivity index (χ0v) is 27.4. The molecule has 0 amide bonds. The van der Waals surface area contributed by atoms with E-state index in [1.54, 1.807) is 11.3 Å². The highest BCUT2D eigenvalue weighted by molar-refractivity contribution is 7.17. The summed E-state index contributed by atoms with van der Waals surface area (Å²) in [6.07, 6.45) is 0. The fourth-order valence-corrected chi connectivity index (χ4v) is 8.27. The van der Waals surface area contributed by atoms with Gasteiger partial charge in [0.25, 0.3) is 0 Å². The van der Waals surface area contributed by atoms with Crippen LogP contribution in [0.5, 0.6) is 0 Å². The Labute approximate surface area is 293 Å². The van der Waals surface area contributed by atoms with Crippen LogP contribution in [0.25, 0.3) is 55.4 Å². The lowest BCUT2D eigenvalue weighted by Gasteiger charge is -2.34. The third-order valence-electron chi connectivity index (χ3n) is 9.57. The average Bonchev–Trinajstić information content (AvgIpc) is 3.75. The molecule has 9 rings (SSSR count). The van der Waals surface area contributed by atoms with E-state index in [-0.39, 0.29) is 0 Å². The molecule has 8 aromatic rings. The van der Waals surface area contributed by atoms with E-state index >= 15 is 0 Å². The number of thiophene rings is 1. The Morgan fingerprint density at radius 2 is 1.08 bits per heavy atom. The van der Waals surface area contributed by atoms with Crippen molar-refractivity contribution in [1.82, 2.24) is 15.0 Å². The van der Waals surface area contributed by atoms with Gasteiger partial charge in [-0.1, -0.05) is 127 Å². The summed E-state index contributed by atoms with van der Waals surface area (Å²) in [6, 6.07) is 53.9. The van der Waals surface area contributed by atoms with Gasteiger partial charge in [-0.05, 0) is 51.6 Å². The summed E-state index contributed by atoms with van der Waals surface area (Å²) in [5.41, 5.74) is 9.49. The molecular formula is C44H25N5S.